The highest BCUT2D eigenvalue weighted by molar-refractivity contribution is 6.54. The van der Waals surface area contributed by atoms with Crippen molar-refractivity contribution in [2.75, 3.05) is 0 Å². The van der Waals surface area contributed by atoms with Crippen LogP contribution >= 0.6 is 0 Å². The number of nitrogens with zero attached hydrogens (tertiary/aromatic N) is 6. The summed E-state index contributed by atoms with van der Waals surface area (Å²) in [7, 11) is -2.05. The number of hydrogen-bond acceptors (Lipinski definition) is 3. The van der Waals surface area contributed by atoms with Gasteiger partial charge in [0.1, 0.15) is 0 Å². The van der Waals surface area contributed by atoms with E-state index in [1.165, 1.54) is 72.8 Å². The number of aromatic nitrogens is 6. The van der Waals surface area contributed by atoms with E-state index < -0.39 is 42.7 Å². The van der Waals surface area contributed by atoms with Crippen LogP contribution in [-0.4, -0.2) is 36.2 Å². The summed E-state index contributed by atoms with van der Waals surface area (Å²) in [6.07, 6.45) is -15.1. The Balaban J connectivity index is 1.75. The van der Waals surface area contributed by atoms with Gasteiger partial charge in [0.2, 0.25) is 0 Å². The Hall–Kier alpha value is -5.28. The minimum Gasteiger partial charge on any atom is -0.418 e. The molecule has 0 bridgehead atoms. The van der Waals surface area contributed by atoms with Crippen LogP contribution in [-0.2, 0) is 18.5 Å². The van der Waals surface area contributed by atoms with Crippen LogP contribution in [0, 0.1) is 0 Å². The second kappa shape index (κ2) is 11.3. The van der Waals surface area contributed by atoms with Crippen LogP contribution in [0.2, 0.25) is 0 Å². The molecule has 0 N–H and O–H groups in total. The van der Waals surface area contributed by atoms with Gasteiger partial charge in [-0.05, 0) is 34.9 Å². The highest BCUT2D eigenvalue weighted by atomic mass is 19.4. The van der Waals surface area contributed by atoms with Gasteiger partial charge in [-0.25, -0.2) is 15.3 Å². The van der Waals surface area contributed by atoms with Crippen molar-refractivity contribution in [2.24, 2.45) is 0 Å². The maximum Gasteiger partial charge on any atom is 0.435 e. The first kappa shape index (κ1) is 30.7. The van der Waals surface area contributed by atoms with E-state index in [-0.39, 0.29) is 33.8 Å². The first-order valence-corrected chi connectivity index (χ1v) is 13.4. The van der Waals surface area contributed by atoms with Gasteiger partial charge in [-0.1, -0.05) is 91.0 Å². The molecule has 6 aromatic rings. The zero-order valence-electron chi connectivity index (χ0n) is 23.1. The SMILES string of the molecule is FC(F)(F)c1cc(-c2ccccc2)n([B-](n2nc(C(F)(F)F)cc2-c2ccccc2)n2nc(C(F)(F)F)cc2-c2ccccc2)n1. The minimum absolute atomic E-state index is 0.143. The van der Waals surface area contributed by atoms with Crippen molar-refractivity contribution in [1.29, 1.82) is 0 Å². The van der Waals surface area contributed by atoms with Gasteiger partial charge in [0, 0.05) is 17.1 Å². The Morgan fingerprint density at radius 3 is 0.848 bits per heavy atom. The van der Waals surface area contributed by atoms with Crippen molar-refractivity contribution in [3.8, 4) is 33.8 Å². The largest absolute Gasteiger partial charge is 0.435 e. The Bertz CT molecular complexity index is 1730. The molecule has 0 unspecified atom stereocenters. The van der Waals surface area contributed by atoms with E-state index in [1.54, 1.807) is 18.2 Å². The van der Waals surface area contributed by atoms with Gasteiger partial charge < -0.3 is 13.8 Å². The number of hydrogen-bond donors (Lipinski definition) is 0. The third-order valence-corrected chi connectivity index (χ3v) is 6.94. The van der Waals surface area contributed by atoms with Crippen molar-refractivity contribution in [3.63, 3.8) is 0 Å². The van der Waals surface area contributed by atoms with Crippen molar-refractivity contribution >= 4 is 7.12 Å². The van der Waals surface area contributed by atoms with E-state index in [4.69, 9.17) is 0 Å². The maximum absolute atomic E-state index is 14.2. The highest BCUT2D eigenvalue weighted by Crippen LogP contribution is 2.37. The molecular weight excluding hydrogens is 626 g/mol. The zero-order chi connectivity index (χ0) is 32.9. The lowest BCUT2D eigenvalue weighted by Gasteiger charge is -2.35. The molecule has 0 aliphatic rings. The van der Waals surface area contributed by atoms with Crippen LogP contribution in [0.5, 0.6) is 0 Å². The van der Waals surface area contributed by atoms with Gasteiger partial charge in [0.25, 0.3) is 7.12 Å². The molecule has 0 spiro atoms. The molecule has 0 aliphatic carbocycles. The lowest BCUT2D eigenvalue weighted by Crippen LogP contribution is -2.45. The molecule has 16 heteroatoms. The molecule has 0 fully saturated rings. The maximum atomic E-state index is 14.2. The summed E-state index contributed by atoms with van der Waals surface area (Å²) in [4.78, 5) is 0. The molecule has 235 valence electrons. The van der Waals surface area contributed by atoms with Gasteiger partial charge >= 0.3 is 18.5 Å². The van der Waals surface area contributed by atoms with E-state index >= 15 is 0 Å². The summed E-state index contributed by atoms with van der Waals surface area (Å²) in [5.74, 6) is 0. The molecule has 0 aliphatic heterocycles. The standard InChI is InChI=1S/C30H18BF9N6/c32-28(33,34)25-16-22(19-10-4-1-5-11-19)44(41-25)31(45-23(20-12-6-2-7-13-20)17-26(42-45)29(35,36)37)46-24(21-14-8-3-9-15-21)18-27(43-46)30(38,39)40/h1-18H/q-1. The number of alkyl halides is 9. The van der Waals surface area contributed by atoms with Crippen molar-refractivity contribution in [2.45, 2.75) is 18.5 Å². The summed E-state index contributed by atoms with van der Waals surface area (Å²) in [5.41, 5.74) is -4.71. The summed E-state index contributed by atoms with van der Waals surface area (Å²) in [5, 5.41) is 11.2. The van der Waals surface area contributed by atoms with Gasteiger partial charge in [0.05, 0.1) is 0 Å². The zero-order valence-corrected chi connectivity index (χ0v) is 23.1. The lowest BCUT2D eigenvalue weighted by atomic mass is 9.90. The van der Waals surface area contributed by atoms with Crippen LogP contribution in [0.3, 0.4) is 0 Å². The Morgan fingerprint density at radius 1 is 0.391 bits per heavy atom. The Kier molecular flexibility index (Phi) is 7.53. The number of rotatable bonds is 6. The molecule has 3 aromatic carbocycles. The predicted molar refractivity (Wildman–Crippen MR) is 150 cm³/mol. The monoisotopic (exact) mass is 644 g/mol. The van der Waals surface area contributed by atoms with Crippen LogP contribution < -0.4 is 0 Å². The summed E-state index contributed by atoms with van der Waals surface area (Å²) in [6.45, 7) is 0. The normalized spacial score (nSPS) is 12.7. The first-order valence-electron chi connectivity index (χ1n) is 13.4. The quantitative estimate of drug-likeness (QED) is 0.136. The molecule has 46 heavy (non-hydrogen) atoms. The molecule has 6 rings (SSSR count). The smallest absolute Gasteiger partial charge is 0.418 e. The first-order chi connectivity index (χ1) is 21.7. The van der Waals surface area contributed by atoms with Gasteiger partial charge in [-0.15, -0.1) is 0 Å². The van der Waals surface area contributed by atoms with Crippen molar-refractivity contribution < 1.29 is 39.5 Å². The van der Waals surface area contributed by atoms with Crippen molar-refractivity contribution in [1.82, 2.24) is 29.1 Å². The van der Waals surface area contributed by atoms with Gasteiger partial charge in [-0.3, -0.25) is 0 Å². The molecule has 3 aromatic heterocycles. The molecule has 0 atom stereocenters. The molecular formula is C30H18BF9N6-. The molecule has 6 nitrogen and oxygen atoms in total. The molecule has 0 saturated heterocycles. The third kappa shape index (κ3) is 5.89. The summed E-state index contributed by atoms with van der Waals surface area (Å²) in [6, 6.07) is 24.3. The van der Waals surface area contributed by atoms with Gasteiger partial charge in [0.15, 0.2) is 17.1 Å². The molecule has 0 amide bonds. The van der Waals surface area contributed by atoms with E-state index in [2.05, 4.69) is 15.3 Å². The molecule has 3 heterocycles. The fraction of sp³-hybridized carbons (Fsp3) is 0.100. The fourth-order valence-corrected chi connectivity index (χ4v) is 4.91. The fourth-order valence-electron chi connectivity index (χ4n) is 4.91. The minimum atomic E-state index is -5.04. The Labute approximate surface area is 254 Å². The average molecular weight is 644 g/mol. The van der Waals surface area contributed by atoms with E-state index in [0.717, 1.165) is 0 Å². The lowest BCUT2D eigenvalue weighted by molar-refractivity contribution is -0.142. The molecule has 0 saturated carbocycles. The highest BCUT2D eigenvalue weighted by Gasteiger charge is 2.39. The van der Waals surface area contributed by atoms with E-state index in [0.29, 0.717) is 32.0 Å². The van der Waals surface area contributed by atoms with Gasteiger partial charge in [-0.2, -0.15) is 39.5 Å². The topological polar surface area (TPSA) is 53.5 Å². The average Bonchev–Trinajstić information content (AvgIpc) is 3.77. The van der Waals surface area contributed by atoms with Crippen LogP contribution in [0.25, 0.3) is 33.8 Å². The second-order valence-electron chi connectivity index (χ2n) is 10.0. The summed E-state index contributed by atoms with van der Waals surface area (Å²) >= 11 is 0. The predicted octanol–water partition coefficient (Wildman–Crippen LogP) is 8.26. The molecule has 1 radical (unpaired) electrons. The number of halogens is 9. The number of benzene rings is 3. The Morgan fingerprint density at radius 2 is 0.630 bits per heavy atom. The van der Waals surface area contributed by atoms with Crippen molar-refractivity contribution in [3.05, 3.63) is 126 Å². The van der Waals surface area contributed by atoms with Crippen LogP contribution in [0.4, 0.5) is 39.5 Å². The van der Waals surface area contributed by atoms with E-state index in [9.17, 15) is 39.5 Å². The third-order valence-electron chi connectivity index (χ3n) is 6.94. The summed E-state index contributed by atoms with van der Waals surface area (Å²) < 4.78 is 129. The second-order valence-corrected chi connectivity index (χ2v) is 10.0. The van der Waals surface area contributed by atoms with Crippen LogP contribution in [0.1, 0.15) is 17.1 Å². The van der Waals surface area contributed by atoms with Crippen LogP contribution in [0.15, 0.2) is 109 Å². The van der Waals surface area contributed by atoms with E-state index in [1.807, 2.05) is 0 Å².